The van der Waals surface area contributed by atoms with Crippen LogP contribution in [0.4, 0.5) is 10.6 Å². The van der Waals surface area contributed by atoms with Crippen molar-refractivity contribution in [1.29, 1.82) is 5.26 Å². The lowest BCUT2D eigenvalue weighted by Gasteiger charge is -2.22. The van der Waals surface area contributed by atoms with Crippen LogP contribution in [0.5, 0.6) is 0 Å². The van der Waals surface area contributed by atoms with Crippen LogP contribution in [0, 0.1) is 11.3 Å². The molecule has 29 heavy (non-hydrogen) atoms. The van der Waals surface area contributed by atoms with Crippen molar-refractivity contribution in [3.05, 3.63) is 95.2 Å². The first-order valence-electron chi connectivity index (χ1n) is 8.74. The molecule has 0 aliphatic rings. The zero-order valence-corrected chi connectivity index (χ0v) is 15.4. The molecule has 1 heterocycles. The highest BCUT2D eigenvalue weighted by Crippen LogP contribution is 2.21. The number of ether oxygens (including phenoxy) is 1. The minimum absolute atomic E-state index is 0.000433. The van der Waals surface area contributed by atoms with Crippen molar-refractivity contribution in [3.8, 4) is 6.07 Å². The molecule has 1 N–H and O–H groups in total. The molecule has 0 unspecified atom stereocenters. The molecular weight excluding hydrogens is 370 g/mol. The van der Waals surface area contributed by atoms with Gasteiger partial charge in [-0.15, -0.1) is 0 Å². The van der Waals surface area contributed by atoms with Crippen LogP contribution in [0.2, 0.25) is 0 Å². The Balaban J connectivity index is 1.89. The Bertz CT molecular complexity index is 1060. The first kappa shape index (κ1) is 19.6. The standard InChI is InChI=1S/C22H17N3O4/c23-13-19-10-5-11-24-20(19)25(14-17-8-4-9-18(12-17)21(26)27)22(28)29-15-16-6-2-1-3-7-16/h1-12H,14-15H2,(H,26,27). The number of aromatic nitrogens is 1. The monoisotopic (exact) mass is 387 g/mol. The Morgan fingerprint density at radius 1 is 1.03 bits per heavy atom. The lowest BCUT2D eigenvalue weighted by Crippen LogP contribution is -2.32. The van der Waals surface area contributed by atoms with Crippen molar-refractivity contribution >= 4 is 17.9 Å². The number of anilines is 1. The maximum atomic E-state index is 12.8. The Labute approximate surface area is 167 Å². The summed E-state index contributed by atoms with van der Waals surface area (Å²) in [6.07, 6.45) is 0.784. The minimum Gasteiger partial charge on any atom is -0.478 e. The Hall–Kier alpha value is -4.18. The van der Waals surface area contributed by atoms with Crippen LogP contribution in [0.1, 0.15) is 27.0 Å². The average Bonchev–Trinajstić information content (AvgIpc) is 2.76. The third kappa shape index (κ3) is 4.96. The van der Waals surface area contributed by atoms with E-state index in [-0.39, 0.29) is 30.1 Å². The van der Waals surface area contributed by atoms with E-state index in [1.54, 1.807) is 24.3 Å². The van der Waals surface area contributed by atoms with E-state index in [0.717, 1.165) is 5.56 Å². The predicted octanol–water partition coefficient (Wildman–Crippen LogP) is 3.99. The summed E-state index contributed by atoms with van der Waals surface area (Å²) in [4.78, 5) is 29.5. The van der Waals surface area contributed by atoms with Gasteiger partial charge in [0.25, 0.3) is 0 Å². The summed E-state index contributed by atoms with van der Waals surface area (Å²) in [6.45, 7) is 0.0560. The van der Waals surface area contributed by atoms with Crippen LogP contribution in [-0.4, -0.2) is 22.2 Å². The van der Waals surface area contributed by atoms with Gasteiger partial charge in [-0.3, -0.25) is 4.90 Å². The fourth-order valence-corrected chi connectivity index (χ4v) is 2.71. The quantitative estimate of drug-likeness (QED) is 0.686. The molecule has 3 rings (SSSR count). The molecule has 144 valence electrons. The predicted molar refractivity (Wildman–Crippen MR) is 105 cm³/mol. The summed E-state index contributed by atoms with van der Waals surface area (Å²) in [5.41, 5.74) is 1.69. The molecule has 7 heteroatoms. The average molecular weight is 387 g/mol. The number of carbonyl (C=O) groups is 2. The number of hydrogen-bond acceptors (Lipinski definition) is 5. The summed E-state index contributed by atoms with van der Waals surface area (Å²) in [7, 11) is 0. The number of amides is 1. The maximum Gasteiger partial charge on any atom is 0.416 e. The second-order valence-electron chi connectivity index (χ2n) is 6.12. The van der Waals surface area contributed by atoms with E-state index in [9.17, 15) is 20.0 Å². The van der Waals surface area contributed by atoms with Crippen molar-refractivity contribution < 1.29 is 19.4 Å². The highest BCUT2D eigenvalue weighted by molar-refractivity contribution is 5.89. The van der Waals surface area contributed by atoms with Gasteiger partial charge < -0.3 is 9.84 Å². The number of carbonyl (C=O) groups excluding carboxylic acids is 1. The fraction of sp³-hybridized carbons (Fsp3) is 0.0909. The first-order chi connectivity index (χ1) is 14.1. The summed E-state index contributed by atoms with van der Waals surface area (Å²) in [6, 6.07) is 20.6. The molecule has 3 aromatic rings. The van der Waals surface area contributed by atoms with E-state index in [2.05, 4.69) is 4.98 Å². The van der Waals surface area contributed by atoms with E-state index in [1.165, 1.54) is 23.2 Å². The third-order valence-corrected chi connectivity index (χ3v) is 4.10. The molecule has 0 aliphatic heterocycles. The SMILES string of the molecule is N#Cc1cccnc1N(Cc1cccc(C(=O)O)c1)C(=O)OCc1ccccc1. The Morgan fingerprint density at radius 2 is 1.79 bits per heavy atom. The molecule has 0 aliphatic carbocycles. The minimum atomic E-state index is -1.07. The van der Waals surface area contributed by atoms with Gasteiger partial charge in [-0.05, 0) is 35.4 Å². The molecule has 0 spiro atoms. The van der Waals surface area contributed by atoms with Crippen LogP contribution in [0.25, 0.3) is 0 Å². The maximum absolute atomic E-state index is 12.8. The van der Waals surface area contributed by atoms with Crippen molar-refractivity contribution in [2.45, 2.75) is 13.2 Å². The number of carboxylic acid groups (broad SMARTS) is 1. The molecule has 1 amide bonds. The zero-order valence-electron chi connectivity index (χ0n) is 15.4. The molecule has 0 atom stereocenters. The van der Waals surface area contributed by atoms with Gasteiger partial charge >= 0.3 is 12.1 Å². The van der Waals surface area contributed by atoms with Gasteiger partial charge in [-0.2, -0.15) is 5.26 Å². The number of aromatic carboxylic acids is 1. The molecule has 0 radical (unpaired) electrons. The normalized spacial score (nSPS) is 10.0. The number of nitrogens with zero attached hydrogens (tertiary/aromatic N) is 3. The van der Waals surface area contributed by atoms with E-state index in [4.69, 9.17) is 4.74 Å². The third-order valence-electron chi connectivity index (χ3n) is 4.10. The lowest BCUT2D eigenvalue weighted by molar-refractivity contribution is 0.0696. The highest BCUT2D eigenvalue weighted by atomic mass is 16.6. The van der Waals surface area contributed by atoms with Gasteiger partial charge in [0.2, 0.25) is 0 Å². The van der Waals surface area contributed by atoms with Gasteiger partial charge in [-0.25, -0.2) is 14.6 Å². The summed E-state index contributed by atoms with van der Waals surface area (Å²) < 4.78 is 5.42. The molecule has 7 nitrogen and oxygen atoms in total. The van der Waals surface area contributed by atoms with Crippen molar-refractivity contribution in [2.24, 2.45) is 0 Å². The van der Waals surface area contributed by atoms with Crippen molar-refractivity contribution in [3.63, 3.8) is 0 Å². The number of hydrogen-bond donors (Lipinski definition) is 1. The molecule has 0 fully saturated rings. The number of carboxylic acids is 1. The lowest BCUT2D eigenvalue weighted by atomic mass is 10.1. The Kier molecular flexibility index (Phi) is 6.18. The van der Waals surface area contributed by atoms with E-state index in [0.29, 0.717) is 5.56 Å². The van der Waals surface area contributed by atoms with E-state index >= 15 is 0 Å². The van der Waals surface area contributed by atoms with Gasteiger partial charge in [0.1, 0.15) is 12.7 Å². The van der Waals surface area contributed by atoms with Crippen LogP contribution < -0.4 is 4.90 Å². The number of rotatable bonds is 6. The molecule has 0 bridgehead atoms. The Morgan fingerprint density at radius 3 is 2.52 bits per heavy atom. The van der Waals surface area contributed by atoms with Gasteiger partial charge in [0.15, 0.2) is 5.82 Å². The summed E-state index contributed by atoms with van der Waals surface area (Å²) >= 11 is 0. The molecular formula is C22H17N3O4. The molecule has 1 aromatic heterocycles. The highest BCUT2D eigenvalue weighted by Gasteiger charge is 2.22. The van der Waals surface area contributed by atoms with Gasteiger partial charge in [-0.1, -0.05) is 42.5 Å². The number of pyridine rings is 1. The summed E-state index contributed by atoms with van der Waals surface area (Å²) in [5.74, 6) is -0.922. The fourth-order valence-electron chi connectivity index (χ4n) is 2.71. The smallest absolute Gasteiger partial charge is 0.416 e. The summed E-state index contributed by atoms with van der Waals surface area (Å²) in [5, 5.41) is 18.6. The van der Waals surface area contributed by atoms with Crippen molar-refractivity contribution in [1.82, 2.24) is 4.98 Å². The second-order valence-corrected chi connectivity index (χ2v) is 6.12. The molecule has 0 saturated carbocycles. The van der Waals surface area contributed by atoms with Gasteiger partial charge in [0.05, 0.1) is 17.7 Å². The van der Waals surface area contributed by atoms with E-state index in [1.807, 2.05) is 36.4 Å². The number of nitriles is 1. The van der Waals surface area contributed by atoms with Crippen LogP contribution in [0.3, 0.4) is 0 Å². The van der Waals surface area contributed by atoms with Crippen LogP contribution in [-0.2, 0) is 17.9 Å². The first-order valence-corrected chi connectivity index (χ1v) is 8.74. The zero-order chi connectivity index (χ0) is 20.6. The van der Waals surface area contributed by atoms with Crippen molar-refractivity contribution in [2.75, 3.05) is 4.90 Å². The topological polar surface area (TPSA) is 104 Å². The number of benzene rings is 2. The largest absolute Gasteiger partial charge is 0.478 e. The molecule has 2 aromatic carbocycles. The van der Waals surface area contributed by atoms with Crippen LogP contribution in [0.15, 0.2) is 72.9 Å². The van der Waals surface area contributed by atoms with Gasteiger partial charge in [0, 0.05) is 6.20 Å². The second kappa shape index (κ2) is 9.15. The molecule has 0 saturated heterocycles. The van der Waals surface area contributed by atoms with Crippen LogP contribution >= 0.6 is 0 Å². The van der Waals surface area contributed by atoms with E-state index < -0.39 is 12.1 Å².